The van der Waals surface area contributed by atoms with E-state index in [4.69, 9.17) is 5.11 Å². The van der Waals surface area contributed by atoms with E-state index in [0.29, 0.717) is 6.42 Å². The molecule has 1 fully saturated rings. The highest BCUT2D eigenvalue weighted by atomic mass is 16.4. The second kappa shape index (κ2) is 8.48. The first-order chi connectivity index (χ1) is 8.24. The lowest BCUT2D eigenvalue weighted by Gasteiger charge is -2.19. The van der Waals surface area contributed by atoms with Gasteiger partial charge in [0.15, 0.2) is 0 Å². The quantitative estimate of drug-likeness (QED) is 0.542. The molecule has 100 valence electrons. The van der Waals surface area contributed by atoms with Crippen molar-refractivity contribution in [1.29, 1.82) is 0 Å². The Bertz CT molecular complexity index is 217. The average Bonchev–Trinajstić information content (AvgIpc) is 3.11. The van der Waals surface area contributed by atoms with Crippen LogP contribution in [0.5, 0.6) is 0 Å². The van der Waals surface area contributed by atoms with Crippen molar-refractivity contribution in [1.82, 2.24) is 10.2 Å². The van der Waals surface area contributed by atoms with E-state index in [1.165, 1.54) is 12.8 Å². The number of likely N-dealkylation sites (N-methyl/N-ethyl adjacent to an activating group) is 1. The van der Waals surface area contributed by atoms with Crippen molar-refractivity contribution in [3.05, 3.63) is 0 Å². The molecule has 0 amide bonds. The second-order valence-electron chi connectivity index (χ2n) is 4.81. The van der Waals surface area contributed by atoms with Gasteiger partial charge in [0.25, 0.3) is 0 Å². The van der Waals surface area contributed by atoms with Gasteiger partial charge in [-0.3, -0.25) is 9.69 Å². The minimum Gasteiger partial charge on any atom is -0.481 e. The summed E-state index contributed by atoms with van der Waals surface area (Å²) in [5.74, 6) is -0.680. The van der Waals surface area contributed by atoms with Crippen molar-refractivity contribution in [2.75, 3.05) is 26.2 Å². The van der Waals surface area contributed by atoms with Gasteiger partial charge in [-0.2, -0.15) is 0 Å². The third-order valence-corrected chi connectivity index (χ3v) is 3.29. The van der Waals surface area contributed by atoms with Crippen molar-refractivity contribution in [2.24, 2.45) is 0 Å². The molecular formula is C13H26N2O2. The van der Waals surface area contributed by atoms with Gasteiger partial charge in [-0.25, -0.2) is 0 Å². The van der Waals surface area contributed by atoms with E-state index >= 15 is 0 Å². The number of aliphatic carboxylic acids is 1. The summed E-state index contributed by atoms with van der Waals surface area (Å²) in [7, 11) is 0. The molecule has 0 aromatic heterocycles. The number of carboxylic acids is 1. The normalized spacial score (nSPS) is 15.4. The van der Waals surface area contributed by atoms with Crippen LogP contribution in [0.25, 0.3) is 0 Å². The van der Waals surface area contributed by atoms with Gasteiger partial charge in [0.05, 0.1) is 0 Å². The van der Waals surface area contributed by atoms with Crippen LogP contribution in [0, 0.1) is 0 Å². The van der Waals surface area contributed by atoms with Crippen LogP contribution in [-0.4, -0.2) is 48.2 Å². The number of carboxylic acid groups (broad SMARTS) is 1. The summed E-state index contributed by atoms with van der Waals surface area (Å²) in [4.78, 5) is 12.8. The molecule has 4 nitrogen and oxygen atoms in total. The van der Waals surface area contributed by atoms with Gasteiger partial charge < -0.3 is 10.4 Å². The van der Waals surface area contributed by atoms with Gasteiger partial charge in [-0.15, -0.1) is 0 Å². The summed E-state index contributed by atoms with van der Waals surface area (Å²) in [6.07, 6.45) is 5.97. The van der Waals surface area contributed by atoms with Crippen molar-refractivity contribution in [3.8, 4) is 0 Å². The fourth-order valence-corrected chi connectivity index (χ4v) is 2.09. The monoisotopic (exact) mass is 242 g/mol. The SMILES string of the molecule is CCN(CCNCCCCCC(=O)O)C1CC1. The predicted molar refractivity (Wildman–Crippen MR) is 69.2 cm³/mol. The Morgan fingerprint density at radius 1 is 1.29 bits per heavy atom. The Morgan fingerprint density at radius 3 is 2.65 bits per heavy atom. The molecule has 0 heterocycles. The molecular weight excluding hydrogens is 216 g/mol. The third kappa shape index (κ3) is 7.34. The van der Waals surface area contributed by atoms with E-state index in [9.17, 15) is 4.79 Å². The molecule has 0 radical (unpaired) electrons. The molecule has 2 N–H and O–H groups in total. The maximum Gasteiger partial charge on any atom is 0.303 e. The smallest absolute Gasteiger partial charge is 0.303 e. The van der Waals surface area contributed by atoms with Gasteiger partial charge in [0.2, 0.25) is 0 Å². The first-order valence-electron chi connectivity index (χ1n) is 6.90. The molecule has 4 heteroatoms. The van der Waals surface area contributed by atoms with E-state index in [-0.39, 0.29) is 0 Å². The lowest BCUT2D eigenvalue weighted by Crippen LogP contribution is -2.33. The number of hydrogen-bond donors (Lipinski definition) is 2. The standard InChI is InChI=1S/C13H26N2O2/c1-2-15(12-7-8-12)11-10-14-9-5-3-4-6-13(16)17/h12,14H,2-11H2,1H3,(H,16,17). The van der Waals surface area contributed by atoms with Crippen LogP contribution in [-0.2, 0) is 4.79 Å². The Hall–Kier alpha value is -0.610. The largest absolute Gasteiger partial charge is 0.481 e. The Kier molecular flexibility index (Phi) is 7.21. The van der Waals surface area contributed by atoms with Crippen LogP contribution < -0.4 is 5.32 Å². The summed E-state index contributed by atoms with van der Waals surface area (Å²) >= 11 is 0. The first kappa shape index (κ1) is 14.5. The molecule has 0 unspecified atom stereocenters. The molecule has 0 bridgehead atoms. The molecule has 1 saturated carbocycles. The third-order valence-electron chi connectivity index (χ3n) is 3.29. The topological polar surface area (TPSA) is 52.6 Å². The zero-order chi connectivity index (χ0) is 12.5. The lowest BCUT2D eigenvalue weighted by molar-refractivity contribution is -0.137. The van der Waals surface area contributed by atoms with Gasteiger partial charge in [-0.1, -0.05) is 13.3 Å². The highest BCUT2D eigenvalue weighted by molar-refractivity contribution is 5.66. The minimum absolute atomic E-state index is 0.311. The highest BCUT2D eigenvalue weighted by Gasteiger charge is 2.26. The first-order valence-corrected chi connectivity index (χ1v) is 6.90. The van der Waals surface area contributed by atoms with E-state index < -0.39 is 5.97 Å². The number of hydrogen-bond acceptors (Lipinski definition) is 3. The maximum atomic E-state index is 10.3. The zero-order valence-electron chi connectivity index (χ0n) is 11.0. The lowest BCUT2D eigenvalue weighted by atomic mass is 10.2. The van der Waals surface area contributed by atoms with Crippen molar-refractivity contribution < 1.29 is 9.90 Å². The van der Waals surface area contributed by atoms with Crippen molar-refractivity contribution in [3.63, 3.8) is 0 Å². The summed E-state index contributed by atoms with van der Waals surface area (Å²) in [5, 5.41) is 11.9. The molecule has 17 heavy (non-hydrogen) atoms. The van der Waals surface area contributed by atoms with Crippen molar-refractivity contribution in [2.45, 2.75) is 51.5 Å². The molecule has 0 spiro atoms. The number of nitrogens with zero attached hydrogens (tertiary/aromatic N) is 1. The van der Waals surface area contributed by atoms with Crippen LogP contribution in [0.2, 0.25) is 0 Å². The van der Waals surface area contributed by atoms with Gasteiger partial charge in [0.1, 0.15) is 0 Å². The number of rotatable bonds is 11. The molecule has 1 aliphatic carbocycles. The van der Waals surface area contributed by atoms with Crippen molar-refractivity contribution >= 4 is 5.97 Å². The summed E-state index contributed by atoms with van der Waals surface area (Å²) in [6.45, 7) is 6.61. The van der Waals surface area contributed by atoms with Crippen LogP contribution in [0.3, 0.4) is 0 Å². The van der Waals surface area contributed by atoms with E-state index in [1.54, 1.807) is 0 Å². The maximum absolute atomic E-state index is 10.3. The second-order valence-corrected chi connectivity index (χ2v) is 4.81. The molecule has 0 atom stereocenters. The number of carbonyl (C=O) groups is 1. The van der Waals surface area contributed by atoms with Crippen LogP contribution in [0.4, 0.5) is 0 Å². The Balaban J connectivity index is 1.82. The van der Waals surface area contributed by atoms with Gasteiger partial charge in [0, 0.05) is 25.6 Å². The molecule has 0 aromatic carbocycles. The van der Waals surface area contributed by atoms with E-state index in [1.807, 2.05) is 0 Å². The van der Waals surface area contributed by atoms with Crippen LogP contribution >= 0.6 is 0 Å². The molecule has 0 saturated heterocycles. The van der Waals surface area contributed by atoms with E-state index in [0.717, 1.165) is 51.5 Å². The van der Waals surface area contributed by atoms with Gasteiger partial charge in [-0.05, 0) is 38.8 Å². The summed E-state index contributed by atoms with van der Waals surface area (Å²) in [5.41, 5.74) is 0. The average molecular weight is 242 g/mol. The predicted octanol–water partition coefficient (Wildman–Crippen LogP) is 1.71. The minimum atomic E-state index is -0.680. The number of nitrogens with one attached hydrogen (secondary N) is 1. The molecule has 1 rings (SSSR count). The van der Waals surface area contributed by atoms with Gasteiger partial charge >= 0.3 is 5.97 Å². The van der Waals surface area contributed by atoms with E-state index in [2.05, 4.69) is 17.1 Å². The molecule has 0 aliphatic heterocycles. The zero-order valence-corrected chi connectivity index (χ0v) is 11.0. The number of unbranched alkanes of at least 4 members (excludes halogenated alkanes) is 2. The fourth-order valence-electron chi connectivity index (χ4n) is 2.09. The summed E-state index contributed by atoms with van der Waals surface area (Å²) < 4.78 is 0. The van der Waals surface area contributed by atoms with Crippen LogP contribution in [0.1, 0.15) is 45.4 Å². The molecule has 0 aromatic rings. The highest BCUT2D eigenvalue weighted by Crippen LogP contribution is 2.25. The Morgan fingerprint density at radius 2 is 2.06 bits per heavy atom. The summed E-state index contributed by atoms with van der Waals surface area (Å²) in [6, 6.07) is 0.859. The molecule has 1 aliphatic rings. The van der Waals surface area contributed by atoms with Crippen LogP contribution in [0.15, 0.2) is 0 Å². The Labute approximate surface area is 104 Å². The fraction of sp³-hybridized carbons (Fsp3) is 0.923.